The lowest BCUT2D eigenvalue weighted by Gasteiger charge is -2.24. The van der Waals surface area contributed by atoms with E-state index in [-0.39, 0.29) is 18.8 Å². The van der Waals surface area contributed by atoms with Gasteiger partial charge < -0.3 is 9.47 Å². The molecule has 0 fully saturated rings. The van der Waals surface area contributed by atoms with Crippen molar-refractivity contribution in [1.29, 1.82) is 0 Å². The van der Waals surface area contributed by atoms with E-state index in [1.54, 1.807) is 42.7 Å². The summed E-state index contributed by atoms with van der Waals surface area (Å²) >= 11 is 16.0. The van der Waals surface area contributed by atoms with Gasteiger partial charge in [-0.05, 0) is 84.8 Å². The number of hydrogen-bond donors (Lipinski definition) is 0. The number of allylic oxidation sites excluding steroid dienone is 1. The van der Waals surface area contributed by atoms with Crippen LogP contribution in [0.3, 0.4) is 0 Å². The average Bonchev–Trinajstić information content (AvgIpc) is 3.22. The number of esters is 1. The highest BCUT2D eigenvalue weighted by Gasteiger charge is 2.33. The summed E-state index contributed by atoms with van der Waals surface area (Å²) < 4.78 is 14.4. The molecule has 1 aromatic heterocycles. The van der Waals surface area contributed by atoms with Crippen LogP contribution in [0.1, 0.15) is 42.1 Å². The van der Waals surface area contributed by atoms with E-state index in [9.17, 15) is 9.59 Å². The number of benzene rings is 3. The Hall–Kier alpha value is -2.92. The van der Waals surface area contributed by atoms with E-state index in [0.717, 1.165) is 20.3 Å². The zero-order chi connectivity index (χ0) is 29.3. The van der Waals surface area contributed by atoms with Gasteiger partial charge in [-0.25, -0.2) is 9.79 Å². The first-order valence-corrected chi connectivity index (χ1v) is 15.4. The zero-order valence-electron chi connectivity index (χ0n) is 22.4. The molecule has 0 saturated carbocycles. The van der Waals surface area contributed by atoms with Crippen LogP contribution in [-0.4, -0.2) is 17.1 Å². The smallest absolute Gasteiger partial charge is 0.338 e. The number of rotatable bonds is 7. The van der Waals surface area contributed by atoms with Crippen LogP contribution in [0.25, 0.3) is 6.08 Å². The highest BCUT2D eigenvalue weighted by Crippen LogP contribution is 2.33. The molecule has 0 saturated heterocycles. The molecule has 210 valence electrons. The van der Waals surface area contributed by atoms with Crippen molar-refractivity contribution in [1.82, 2.24) is 4.57 Å². The van der Waals surface area contributed by atoms with Gasteiger partial charge in [0.05, 0.1) is 32.0 Å². The molecule has 10 heteroatoms. The van der Waals surface area contributed by atoms with Crippen LogP contribution in [0.15, 0.2) is 81.7 Å². The molecule has 0 aliphatic carbocycles. The van der Waals surface area contributed by atoms with Crippen molar-refractivity contribution in [2.45, 2.75) is 33.4 Å². The molecule has 0 unspecified atom stereocenters. The van der Waals surface area contributed by atoms with E-state index >= 15 is 0 Å². The molecular formula is C31H25Cl2IN2O4S. The van der Waals surface area contributed by atoms with Gasteiger partial charge >= 0.3 is 5.97 Å². The normalized spacial score (nSPS) is 15.0. The molecular weight excluding hydrogens is 694 g/mol. The summed E-state index contributed by atoms with van der Waals surface area (Å²) in [5, 5.41) is 1.14. The highest BCUT2D eigenvalue weighted by atomic mass is 127. The number of fused-ring (bicyclic) bond motifs is 1. The molecule has 4 aromatic rings. The first-order valence-electron chi connectivity index (χ1n) is 12.8. The zero-order valence-corrected chi connectivity index (χ0v) is 26.9. The van der Waals surface area contributed by atoms with Crippen molar-refractivity contribution >= 4 is 69.2 Å². The second-order valence-corrected chi connectivity index (χ2v) is 12.5. The number of thiazole rings is 1. The van der Waals surface area contributed by atoms with Gasteiger partial charge in [0.15, 0.2) is 4.80 Å². The maximum absolute atomic E-state index is 14.0. The summed E-state index contributed by atoms with van der Waals surface area (Å²) in [5.41, 5.74) is 4.02. The van der Waals surface area contributed by atoms with E-state index < -0.39 is 12.0 Å². The van der Waals surface area contributed by atoms with E-state index in [0.29, 0.717) is 42.0 Å². The summed E-state index contributed by atoms with van der Waals surface area (Å²) in [7, 11) is 0. The fourth-order valence-corrected chi connectivity index (χ4v) is 7.08. The van der Waals surface area contributed by atoms with Crippen LogP contribution in [0.5, 0.6) is 5.75 Å². The van der Waals surface area contributed by atoms with Crippen LogP contribution in [0, 0.1) is 10.5 Å². The number of carbonyl (C=O) groups is 1. The van der Waals surface area contributed by atoms with Gasteiger partial charge in [-0.15, -0.1) is 0 Å². The van der Waals surface area contributed by atoms with Gasteiger partial charge in [-0.2, -0.15) is 0 Å². The predicted molar refractivity (Wildman–Crippen MR) is 172 cm³/mol. The van der Waals surface area contributed by atoms with Gasteiger partial charge in [-0.3, -0.25) is 9.36 Å². The molecule has 1 aliphatic heterocycles. The number of halogens is 3. The minimum absolute atomic E-state index is 0.214. The Morgan fingerprint density at radius 1 is 1.10 bits per heavy atom. The first kappa shape index (κ1) is 29.6. The van der Waals surface area contributed by atoms with Crippen molar-refractivity contribution in [3.63, 3.8) is 0 Å². The predicted octanol–water partition coefficient (Wildman–Crippen LogP) is 6.60. The lowest BCUT2D eigenvalue weighted by atomic mass is 9.95. The fraction of sp³-hybridized carbons (Fsp3) is 0.194. The molecule has 3 aromatic carbocycles. The SMILES string of the molecule is CCOC(=O)C1=C(C)N=c2s/c(=C\c3cc(Cl)cc(I)c3OCc3cccc(Cl)c3)c(=O)n2[C@@H]1c1ccc(C)cc1. The molecule has 0 spiro atoms. The Balaban J connectivity index is 1.65. The third-order valence-electron chi connectivity index (χ3n) is 6.51. The number of aromatic nitrogens is 1. The Kier molecular flexibility index (Phi) is 9.03. The van der Waals surface area contributed by atoms with Gasteiger partial charge in [0.25, 0.3) is 5.56 Å². The molecule has 41 heavy (non-hydrogen) atoms. The van der Waals surface area contributed by atoms with E-state index in [1.807, 2.05) is 49.4 Å². The number of hydrogen-bond acceptors (Lipinski definition) is 6. The maximum atomic E-state index is 14.0. The van der Waals surface area contributed by atoms with Crippen LogP contribution in [0.2, 0.25) is 10.0 Å². The molecule has 0 N–H and O–H groups in total. The molecule has 5 rings (SSSR count). The lowest BCUT2D eigenvalue weighted by Crippen LogP contribution is -2.39. The number of ether oxygens (including phenoxy) is 2. The Morgan fingerprint density at radius 3 is 2.56 bits per heavy atom. The molecule has 0 radical (unpaired) electrons. The van der Waals surface area contributed by atoms with E-state index in [2.05, 4.69) is 27.6 Å². The molecule has 2 heterocycles. The standard InChI is InChI=1S/C31H25Cl2IN2O4S/c1-4-39-30(38)26-18(3)35-31-36(27(26)20-10-8-17(2)9-11-20)29(37)25(41-31)14-21-13-23(33)15-24(34)28(21)40-16-19-6-5-7-22(32)12-19/h5-15,27H,4,16H2,1-3H3/b25-14-/t27-/m1/s1. The average molecular weight is 719 g/mol. The third kappa shape index (κ3) is 6.30. The van der Waals surface area contributed by atoms with Crippen LogP contribution < -0.4 is 19.6 Å². The largest absolute Gasteiger partial charge is 0.487 e. The summed E-state index contributed by atoms with van der Waals surface area (Å²) in [6.45, 7) is 6.01. The first-order chi connectivity index (χ1) is 19.7. The number of carbonyl (C=O) groups excluding carboxylic acids is 1. The Bertz CT molecular complexity index is 1860. The van der Waals surface area contributed by atoms with E-state index in [4.69, 9.17) is 32.7 Å². The monoisotopic (exact) mass is 718 g/mol. The molecule has 1 aliphatic rings. The number of nitrogens with zero attached hydrogens (tertiary/aromatic N) is 2. The molecule has 1 atom stereocenters. The Morgan fingerprint density at radius 2 is 1.85 bits per heavy atom. The molecule has 0 bridgehead atoms. The van der Waals surface area contributed by atoms with Crippen LogP contribution in [-0.2, 0) is 16.1 Å². The van der Waals surface area contributed by atoms with Crippen molar-refractivity contribution in [2.75, 3.05) is 6.61 Å². The fourth-order valence-electron chi connectivity index (χ4n) is 4.62. The maximum Gasteiger partial charge on any atom is 0.338 e. The summed E-state index contributed by atoms with van der Waals surface area (Å²) in [6, 6.07) is 18.1. The van der Waals surface area contributed by atoms with Crippen molar-refractivity contribution < 1.29 is 14.3 Å². The summed E-state index contributed by atoms with van der Waals surface area (Å²) in [5.74, 6) is 0.106. The van der Waals surface area contributed by atoms with Crippen LogP contribution >= 0.6 is 57.1 Å². The van der Waals surface area contributed by atoms with Crippen molar-refractivity contribution in [3.05, 3.63) is 127 Å². The third-order valence-corrected chi connectivity index (χ3v) is 8.74. The topological polar surface area (TPSA) is 69.9 Å². The van der Waals surface area contributed by atoms with Gasteiger partial charge in [0, 0.05) is 15.6 Å². The van der Waals surface area contributed by atoms with Gasteiger partial charge in [-0.1, -0.05) is 76.5 Å². The number of aryl methyl sites for hydroxylation is 1. The van der Waals surface area contributed by atoms with Crippen molar-refractivity contribution in [2.24, 2.45) is 4.99 Å². The van der Waals surface area contributed by atoms with Gasteiger partial charge in [0.2, 0.25) is 0 Å². The lowest BCUT2D eigenvalue weighted by molar-refractivity contribution is -0.139. The minimum Gasteiger partial charge on any atom is -0.487 e. The summed E-state index contributed by atoms with van der Waals surface area (Å²) in [6.07, 6.45) is 1.76. The summed E-state index contributed by atoms with van der Waals surface area (Å²) in [4.78, 5) is 32.3. The van der Waals surface area contributed by atoms with Crippen molar-refractivity contribution in [3.8, 4) is 5.75 Å². The minimum atomic E-state index is -0.675. The molecule has 6 nitrogen and oxygen atoms in total. The highest BCUT2D eigenvalue weighted by molar-refractivity contribution is 14.1. The van der Waals surface area contributed by atoms with Crippen LogP contribution in [0.4, 0.5) is 0 Å². The second-order valence-electron chi connectivity index (χ2n) is 9.44. The quantitative estimate of drug-likeness (QED) is 0.160. The Labute approximate surface area is 264 Å². The second kappa shape index (κ2) is 12.5. The van der Waals surface area contributed by atoms with E-state index in [1.165, 1.54) is 11.3 Å². The molecule has 0 amide bonds. The van der Waals surface area contributed by atoms with Gasteiger partial charge in [0.1, 0.15) is 12.4 Å².